The number of nitrogens with zero attached hydrogens (tertiary/aromatic N) is 1. The third-order valence-corrected chi connectivity index (χ3v) is 1.88. The Hall–Kier alpha value is -0.830. The molecule has 1 aromatic heterocycles. The molecule has 2 heterocycles. The van der Waals surface area contributed by atoms with Gasteiger partial charge in [0.1, 0.15) is 12.0 Å². The van der Waals surface area contributed by atoms with Gasteiger partial charge in [-0.2, -0.15) is 0 Å². The Morgan fingerprint density at radius 3 is 3.30 bits per heavy atom. The van der Waals surface area contributed by atoms with E-state index in [1.54, 1.807) is 6.26 Å². The van der Waals surface area contributed by atoms with Gasteiger partial charge in [0.15, 0.2) is 0 Å². The van der Waals surface area contributed by atoms with Crippen LogP contribution in [0.5, 0.6) is 0 Å². The lowest BCUT2D eigenvalue weighted by Crippen LogP contribution is -2.12. The highest BCUT2D eigenvalue weighted by Crippen LogP contribution is 2.20. The van der Waals surface area contributed by atoms with E-state index < -0.39 is 0 Å². The van der Waals surface area contributed by atoms with Crippen molar-refractivity contribution in [3.63, 3.8) is 0 Å². The first-order valence-electron chi connectivity index (χ1n) is 3.60. The molecule has 0 saturated carbocycles. The molecule has 0 aliphatic carbocycles. The van der Waals surface area contributed by atoms with Crippen LogP contribution < -0.4 is 5.32 Å². The largest absolute Gasteiger partial charge is 0.364 e. The molecule has 1 aliphatic heterocycles. The van der Waals surface area contributed by atoms with Gasteiger partial charge in [-0.3, -0.25) is 0 Å². The Morgan fingerprint density at radius 2 is 2.70 bits per heavy atom. The van der Waals surface area contributed by atoms with Crippen molar-refractivity contribution in [2.24, 2.45) is 0 Å². The van der Waals surface area contributed by atoms with Crippen molar-refractivity contribution in [1.82, 2.24) is 10.5 Å². The molecule has 1 fully saturated rings. The molecular formula is C7H10N2O. The van der Waals surface area contributed by atoms with Crippen LogP contribution in [0.3, 0.4) is 0 Å². The highest BCUT2D eigenvalue weighted by atomic mass is 16.5. The molecule has 0 aromatic carbocycles. The second kappa shape index (κ2) is 2.42. The number of hydrogen-bond donors (Lipinski definition) is 1. The highest BCUT2D eigenvalue weighted by Gasteiger charge is 2.17. The van der Waals surface area contributed by atoms with Crippen LogP contribution in [-0.2, 0) is 0 Å². The van der Waals surface area contributed by atoms with E-state index in [-0.39, 0.29) is 0 Å². The average molecular weight is 138 g/mol. The molecular weight excluding hydrogens is 128 g/mol. The summed E-state index contributed by atoms with van der Waals surface area (Å²) < 4.78 is 4.74. The Kier molecular flexibility index (Phi) is 1.43. The van der Waals surface area contributed by atoms with Gasteiger partial charge in [-0.25, -0.2) is 0 Å². The van der Waals surface area contributed by atoms with E-state index in [1.165, 1.54) is 12.8 Å². The summed E-state index contributed by atoms with van der Waals surface area (Å²) in [6, 6.07) is 2.36. The maximum absolute atomic E-state index is 4.74. The fourth-order valence-corrected chi connectivity index (χ4v) is 1.34. The maximum atomic E-state index is 4.74. The standard InChI is InChI=1S/C7H10N2O/c1-2-6(8-4-1)7-3-5-10-9-7/h3,5-6,8H,1-2,4H2/t6-/m1/s1. The van der Waals surface area contributed by atoms with E-state index in [2.05, 4.69) is 10.5 Å². The second-order valence-corrected chi connectivity index (χ2v) is 2.57. The Bertz CT molecular complexity index is 189. The summed E-state index contributed by atoms with van der Waals surface area (Å²) in [6.45, 7) is 1.11. The van der Waals surface area contributed by atoms with Gasteiger partial charge < -0.3 is 9.84 Å². The minimum atomic E-state index is 0.443. The third-order valence-electron chi connectivity index (χ3n) is 1.88. The van der Waals surface area contributed by atoms with Crippen LogP contribution in [0.15, 0.2) is 16.9 Å². The van der Waals surface area contributed by atoms with Gasteiger partial charge in [0.05, 0.1) is 6.04 Å². The van der Waals surface area contributed by atoms with Crippen molar-refractivity contribution >= 4 is 0 Å². The molecule has 54 valence electrons. The van der Waals surface area contributed by atoms with Crippen molar-refractivity contribution < 1.29 is 4.52 Å². The summed E-state index contributed by atoms with van der Waals surface area (Å²) in [4.78, 5) is 0. The summed E-state index contributed by atoms with van der Waals surface area (Å²) in [5, 5.41) is 7.20. The Labute approximate surface area is 59.4 Å². The van der Waals surface area contributed by atoms with Gasteiger partial charge >= 0.3 is 0 Å². The maximum Gasteiger partial charge on any atom is 0.124 e. The fraction of sp³-hybridized carbons (Fsp3) is 0.571. The average Bonchev–Trinajstić information content (AvgIpc) is 2.59. The highest BCUT2D eigenvalue weighted by molar-refractivity contribution is 5.04. The molecule has 1 aliphatic rings. The van der Waals surface area contributed by atoms with Gasteiger partial charge in [-0.1, -0.05) is 5.16 Å². The molecule has 10 heavy (non-hydrogen) atoms. The summed E-state index contributed by atoms with van der Waals surface area (Å²) >= 11 is 0. The SMILES string of the molecule is c1cc([C@H]2CCCN2)no1. The molecule has 2 rings (SSSR count). The Balaban J connectivity index is 2.12. The molecule has 0 bridgehead atoms. The predicted molar refractivity (Wildman–Crippen MR) is 36.5 cm³/mol. The van der Waals surface area contributed by atoms with Crippen molar-refractivity contribution in [1.29, 1.82) is 0 Å². The molecule has 1 N–H and O–H groups in total. The number of aromatic nitrogens is 1. The number of nitrogens with one attached hydrogen (secondary N) is 1. The van der Waals surface area contributed by atoms with Crippen molar-refractivity contribution in [2.75, 3.05) is 6.54 Å². The molecule has 0 radical (unpaired) electrons. The van der Waals surface area contributed by atoms with Crippen LogP contribution in [0.1, 0.15) is 24.6 Å². The lowest BCUT2D eigenvalue weighted by Gasteiger charge is -2.02. The van der Waals surface area contributed by atoms with E-state index >= 15 is 0 Å². The van der Waals surface area contributed by atoms with Gasteiger partial charge in [-0.15, -0.1) is 0 Å². The summed E-state index contributed by atoms with van der Waals surface area (Å²) in [5.74, 6) is 0. The van der Waals surface area contributed by atoms with Gasteiger partial charge in [-0.05, 0) is 19.4 Å². The van der Waals surface area contributed by atoms with Gasteiger partial charge in [0.2, 0.25) is 0 Å². The van der Waals surface area contributed by atoms with E-state index in [0.717, 1.165) is 12.2 Å². The summed E-state index contributed by atoms with van der Waals surface area (Å²) in [7, 11) is 0. The van der Waals surface area contributed by atoms with Gasteiger partial charge in [0, 0.05) is 6.07 Å². The van der Waals surface area contributed by atoms with Crippen molar-refractivity contribution in [3.8, 4) is 0 Å². The van der Waals surface area contributed by atoms with Crippen LogP contribution in [0.25, 0.3) is 0 Å². The van der Waals surface area contributed by atoms with Gasteiger partial charge in [0.25, 0.3) is 0 Å². The molecule has 1 atom stereocenters. The molecule has 1 saturated heterocycles. The minimum absolute atomic E-state index is 0.443. The van der Waals surface area contributed by atoms with Crippen LogP contribution in [0, 0.1) is 0 Å². The normalized spacial score (nSPS) is 25.4. The molecule has 3 nitrogen and oxygen atoms in total. The second-order valence-electron chi connectivity index (χ2n) is 2.57. The first-order valence-corrected chi connectivity index (χ1v) is 3.60. The molecule has 0 spiro atoms. The molecule has 0 amide bonds. The third kappa shape index (κ3) is 0.926. The van der Waals surface area contributed by atoms with Crippen LogP contribution in [-0.4, -0.2) is 11.7 Å². The van der Waals surface area contributed by atoms with Crippen LogP contribution in [0.4, 0.5) is 0 Å². The molecule has 3 heteroatoms. The predicted octanol–water partition coefficient (Wildman–Crippen LogP) is 1.10. The first-order chi connectivity index (χ1) is 4.97. The lowest BCUT2D eigenvalue weighted by molar-refractivity contribution is 0.401. The molecule has 0 unspecified atom stereocenters. The van der Waals surface area contributed by atoms with E-state index in [9.17, 15) is 0 Å². The minimum Gasteiger partial charge on any atom is -0.364 e. The Morgan fingerprint density at radius 1 is 1.70 bits per heavy atom. The van der Waals surface area contributed by atoms with Crippen molar-refractivity contribution in [2.45, 2.75) is 18.9 Å². The van der Waals surface area contributed by atoms with Crippen LogP contribution in [0.2, 0.25) is 0 Å². The zero-order valence-corrected chi connectivity index (χ0v) is 5.71. The summed E-state index contributed by atoms with van der Waals surface area (Å²) in [5.41, 5.74) is 1.04. The van der Waals surface area contributed by atoms with E-state index in [1.807, 2.05) is 6.07 Å². The molecule has 1 aromatic rings. The monoisotopic (exact) mass is 138 g/mol. The summed E-state index contributed by atoms with van der Waals surface area (Å²) in [6.07, 6.45) is 4.05. The van der Waals surface area contributed by atoms with Crippen molar-refractivity contribution in [3.05, 3.63) is 18.0 Å². The zero-order chi connectivity index (χ0) is 6.81. The lowest BCUT2D eigenvalue weighted by atomic mass is 10.2. The first kappa shape index (κ1) is 5.92. The topological polar surface area (TPSA) is 38.1 Å². The van der Waals surface area contributed by atoms with Crippen LogP contribution >= 0.6 is 0 Å². The zero-order valence-electron chi connectivity index (χ0n) is 5.71. The van der Waals surface area contributed by atoms with E-state index in [4.69, 9.17) is 4.52 Å². The quantitative estimate of drug-likeness (QED) is 0.631. The smallest absolute Gasteiger partial charge is 0.124 e. The van der Waals surface area contributed by atoms with E-state index in [0.29, 0.717) is 6.04 Å². The number of rotatable bonds is 1. The fourth-order valence-electron chi connectivity index (χ4n) is 1.34. The number of hydrogen-bond acceptors (Lipinski definition) is 3.